The second kappa shape index (κ2) is 6.47. The lowest BCUT2D eigenvalue weighted by Crippen LogP contribution is -2.34. The number of nitrogens with one attached hydrogen (secondary N) is 1. The number of benzene rings is 1. The number of carbonyl (C=O) groups excluding carboxylic acids is 1. The number of anilines is 1. The summed E-state index contributed by atoms with van der Waals surface area (Å²) in [6, 6.07) is 10.3. The lowest BCUT2D eigenvalue weighted by Gasteiger charge is -2.17. The quantitative estimate of drug-likeness (QED) is 0.910. The molecule has 1 N–H and O–H groups in total. The van der Waals surface area contributed by atoms with E-state index in [1.807, 2.05) is 18.3 Å². The molecule has 1 aromatic carbocycles. The molecule has 4 nitrogen and oxygen atoms in total. The molecule has 1 aromatic heterocycles. The van der Waals surface area contributed by atoms with Gasteiger partial charge in [-0.05, 0) is 55.0 Å². The van der Waals surface area contributed by atoms with Crippen LogP contribution in [0.25, 0.3) is 0 Å². The molecule has 1 aliphatic carbocycles. The van der Waals surface area contributed by atoms with Crippen LogP contribution in [0, 0.1) is 5.82 Å². The zero-order valence-corrected chi connectivity index (χ0v) is 14.2. The number of rotatable bonds is 5. The van der Waals surface area contributed by atoms with Crippen molar-refractivity contribution < 1.29 is 9.18 Å². The Bertz CT molecular complexity index is 748. The Morgan fingerprint density at radius 1 is 1.12 bits per heavy atom. The molecule has 1 saturated carbocycles. The first kappa shape index (κ1) is 16.1. The fraction of sp³-hybridized carbons (Fsp3) is 0.400. The number of aromatic nitrogens is 1. The third kappa shape index (κ3) is 3.23. The molecule has 2 aromatic rings. The molecule has 0 unspecified atom stereocenters. The van der Waals surface area contributed by atoms with E-state index in [1.165, 1.54) is 25.0 Å². The number of carbonyl (C=O) groups is 1. The van der Waals surface area contributed by atoms with Crippen molar-refractivity contribution in [2.24, 2.45) is 0 Å². The smallest absolute Gasteiger partial charge is 0.230 e. The van der Waals surface area contributed by atoms with Crippen molar-refractivity contribution in [3.63, 3.8) is 0 Å². The molecule has 2 fully saturated rings. The van der Waals surface area contributed by atoms with Crippen LogP contribution in [0.2, 0.25) is 0 Å². The van der Waals surface area contributed by atoms with E-state index in [1.54, 1.807) is 12.1 Å². The van der Waals surface area contributed by atoms with E-state index >= 15 is 0 Å². The van der Waals surface area contributed by atoms with Gasteiger partial charge in [-0.3, -0.25) is 4.79 Å². The summed E-state index contributed by atoms with van der Waals surface area (Å²) >= 11 is 0. The Morgan fingerprint density at radius 3 is 2.44 bits per heavy atom. The van der Waals surface area contributed by atoms with Gasteiger partial charge in [0.15, 0.2) is 0 Å². The normalized spacial score (nSPS) is 18.2. The molecule has 0 radical (unpaired) electrons. The maximum Gasteiger partial charge on any atom is 0.230 e. The Kier molecular flexibility index (Phi) is 4.15. The molecule has 5 heteroatoms. The number of hydrogen-bond donors (Lipinski definition) is 1. The van der Waals surface area contributed by atoms with Crippen LogP contribution in [0.1, 0.15) is 36.8 Å². The van der Waals surface area contributed by atoms with E-state index < -0.39 is 5.41 Å². The summed E-state index contributed by atoms with van der Waals surface area (Å²) in [5, 5.41) is 3.02. The Labute approximate surface area is 147 Å². The van der Waals surface area contributed by atoms with Crippen molar-refractivity contribution >= 4 is 11.7 Å². The Balaban J connectivity index is 1.37. The first-order valence-electron chi connectivity index (χ1n) is 8.92. The fourth-order valence-corrected chi connectivity index (χ4v) is 3.55. The molecule has 0 atom stereocenters. The molecule has 25 heavy (non-hydrogen) atoms. The first-order valence-corrected chi connectivity index (χ1v) is 8.92. The minimum absolute atomic E-state index is 0.0164. The summed E-state index contributed by atoms with van der Waals surface area (Å²) in [5.74, 6) is 0.754. The van der Waals surface area contributed by atoms with E-state index in [0.717, 1.165) is 42.9 Å². The molecule has 1 aliphatic heterocycles. The highest BCUT2D eigenvalue weighted by Crippen LogP contribution is 2.48. The standard InChI is InChI=1S/C20H22FN3O/c21-17-6-4-16(5-7-17)20(9-10-20)19(25)23-14-15-3-8-18(22-13-15)24-11-1-2-12-24/h3-8,13H,1-2,9-12,14H2,(H,23,25). The largest absolute Gasteiger partial charge is 0.357 e. The Hall–Kier alpha value is -2.43. The van der Waals surface area contributed by atoms with Crippen molar-refractivity contribution in [1.29, 1.82) is 0 Å². The van der Waals surface area contributed by atoms with Gasteiger partial charge in [-0.25, -0.2) is 9.37 Å². The van der Waals surface area contributed by atoms with Crippen LogP contribution in [0.15, 0.2) is 42.6 Å². The average molecular weight is 339 g/mol. The lowest BCUT2D eigenvalue weighted by atomic mass is 9.95. The number of halogens is 1. The van der Waals surface area contributed by atoms with Crippen LogP contribution in [0.4, 0.5) is 10.2 Å². The summed E-state index contributed by atoms with van der Waals surface area (Å²) in [6.07, 6.45) is 5.93. The van der Waals surface area contributed by atoms with Crippen LogP contribution in [0.3, 0.4) is 0 Å². The average Bonchev–Trinajstić information content (AvgIpc) is 3.27. The molecule has 1 amide bonds. The zero-order chi connectivity index (χ0) is 17.3. The molecule has 0 spiro atoms. The van der Waals surface area contributed by atoms with Gasteiger partial charge in [0.25, 0.3) is 0 Å². The summed E-state index contributed by atoms with van der Waals surface area (Å²) < 4.78 is 13.1. The summed E-state index contributed by atoms with van der Waals surface area (Å²) in [4.78, 5) is 19.4. The van der Waals surface area contributed by atoms with Crippen LogP contribution in [-0.4, -0.2) is 24.0 Å². The Morgan fingerprint density at radius 2 is 1.84 bits per heavy atom. The van der Waals surface area contributed by atoms with Crippen LogP contribution in [0.5, 0.6) is 0 Å². The second-order valence-corrected chi connectivity index (χ2v) is 6.99. The minimum Gasteiger partial charge on any atom is -0.357 e. The molecular formula is C20H22FN3O. The maximum atomic E-state index is 13.1. The highest BCUT2D eigenvalue weighted by atomic mass is 19.1. The number of pyridine rings is 1. The highest BCUT2D eigenvalue weighted by Gasteiger charge is 2.51. The first-order chi connectivity index (χ1) is 12.2. The fourth-order valence-electron chi connectivity index (χ4n) is 3.55. The van der Waals surface area contributed by atoms with E-state index in [9.17, 15) is 9.18 Å². The molecular weight excluding hydrogens is 317 g/mol. The van der Waals surface area contributed by atoms with Gasteiger partial charge in [0.05, 0.1) is 5.41 Å². The van der Waals surface area contributed by atoms with Crippen LogP contribution in [-0.2, 0) is 16.8 Å². The molecule has 0 bridgehead atoms. The highest BCUT2D eigenvalue weighted by molar-refractivity contribution is 5.91. The third-order valence-corrected chi connectivity index (χ3v) is 5.27. The second-order valence-electron chi connectivity index (χ2n) is 6.99. The van der Waals surface area contributed by atoms with Gasteiger partial charge >= 0.3 is 0 Å². The predicted molar refractivity (Wildman–Crippen MR) is 94.8 cm³/mol. The predicted octanol–water partition coefficient (Wildman–Crippen LogP) is 3.17. The summed E-state index contributed by atoms with van der Waals surface area (Å²) in [6.45, 7) is 2.61. The lowest BCUT2D eigenvalue weighted by molar-refractivity contribution is -0.123. The topological polar surface area (TPSA) is 45.2 Å². The molecule has 4 rings (SSSR count). The van der Waals surface area contributed by atoms with Gasteiger partial charge in [-0.15, -0.1) is 0 Å². The summed E-state index contributed by atoms with van der Waals surface area (Å²) in [7, 11) is 0. The van der Waals surface area contributed by atoms with Crippen molar-refractivity contribution in [3.05, 3.63) is 59.5 Å². The minimum atomic E-state index is -0.476. The van der Waals surface area contributed by atoms with E-state index in [2.05, 4.69) is 15.2 Å². The van der Waals surface area contributed by atoms with Gasteiger partial charge in [0.2, 0.25) is 5.91 Å². The van der Waals surface area contributed by atoms with E-state index in [4.69, 9.17) is 0 Å². The van der Waals surface area contributed by atoms with Gasteiger partial charge in [0, 0.05) is 25.8 Å². The van der Waals surface area contributed by atoms with Gasteiger partial charge < -0.3 is 10.2 Å². The zero-order valence-electron chi connectivity index (χ0n) is 14.2. The van der Waals surface area contributed by atoms with Crippen molar-refractivity contribution in [3.8, 4) is 0 Å². The maximum absolute atomic E-state index is 13.1. The van der Waals surface area contributed by atoms with Crippen molar-refractivity contribution in [2.75, 3.05) is 18.0 Å². The molecule has 2 aliphatic rings. The molecule has 1 saturated heterocycles. The van der Waals surface area contributed by atoms with E-state index in [0.29, 0.717) is 6.54 Å². The van der Waals surface area contributed by atoms with Gasteiger partial charge in [-0.1, -0.05) is 18.2 Å². The molecule has 130 valence electrons. The van der Waals surface area contributed by atoms with Crippen molar-refractivity contribution in [1.82, 2.24) is 10.3 Å². The third-order valence-electron chi connectivity index (χ3n) is 5.27. The number of amides is 1. The monoisotopic (exact) mass is 339 g/mol. The van der Waals surface area contributed by atoms with E-state index in [-0.39, 0.29) is 11.7 Å². The van der Waals surface area contributed by atoms with Crippen LogP contribution >= 0.6 is 0 Å². The van der Waals surface area contributed by atoms with Gasteiger partial charge in [0.1, 0.15) is 11.6 Å². The summed E-state index contributed by atoms with van der Waals surface area (Å²) in [5.41, 5.74) is 1.41. The van der Waals surface area contributed by atoms with Gasteiger partial charge in [-0.2, -0.15) is 0 Å². The SMILES string of the molecule is O=C(NCc1ccc(N2CCCC2)nc1)C1(c2ccc(F)cc2)CC1. The number of nitrogens with zero attached hydrogens (tertiary/aromatic N) is 2. The van der Waals surface area contributed by atoms with Crippen LogP contribution < -0.4 is 10.2 Å². The number of hydrogen-bond acceptors (Lipinski definition) is 3. The van der Waals surface area contributed by atoms with Crippen molar-refractivity contribution in [2.45, 2.75) is 37.6 Å². The molecule has 2 heterocycles.